The van der Waals surface area contributed by atoms with Gasteiger partial charge in [0.15, 0.2) is 0 Å². The van der Waals surface area contributed by atoms with Crippen LogP contribution in [0, 0.1) is 6.92 Å². The van der Waals surface area contributed by atoms with E-state index in [1.165, 1.54) is 27.2 Å². The zero-order valence-corrected chi connectivity index (χ0v) is 13.8. The molecule has 3 aromatic rings. The van der Waals surface area contributed by atoms with Gasteiger partial charge in [0, 0.05) is 16.7 Å². The number of nitrogens with zero attached hydrogens (tertiary/aromatic N) is 1. The maximum atomic E-state index is 4.63. The summed E-state index contributed by atoms with van der Waals surface area (Å²) in [4.78, 5) is 5.88. The largest absolute Gasteiger partial charge is 0.255 e. The molecule has 0 spiro atoms. The van der Waals surface area contributed by atoms with Crippen molar-refractivity contribution >= 4 is 17.3 Å². The van der Waals surface area contributed by atoms with E-state index in [0.29, 0.717) is 5.25 Å². The molecule has 0 bridgehead atoms. The molecule has 0 fully saturated rings. The summed E-state index contributed by atoms with van der Waals surface area (Å²) in [6.07, 6.45) is 4.22. The van der Waals surface area contributed by atoms with Gasteiger partial charge in [-0.1, -0.05) is 66.2 Å². The zero-order chi connectivity index (χ0) is 15.6. The lowest BCUT2D eigenvalue weighted by Gasteiger charge is -2.23. The first kappa shape index (κ1) is 14.3. The average molecular weight is 315 g/mol. The number of rotatable bonds is 2. The minimum atomic E-state index is 0.322. The number of hydrogen-bond acceptors (Lipinski definition) is 2. The molecule has 0 N–H and O–H groups in total. The van der Waals surface area contributed by atoms with E-state index in [1.54, 1.807) is 0 Å². The summed E-state index contributed by atoms with van der Waals surface area (Å²) in [5.74, 6) is 0. The van der Waals surface area contributed by atoms with Crippen molar-refractivity contribution in [3.63, 3.8) is 0 Å². The summed E-state index contributed by atoms with van der Waals surface area (Å²) in [6, 6.07) is 23.6. The van der Waals surface area contributed by atoms with Crippen molar-refractivity contribution in [1.82, 2.24) is 4.98 Å². The second-order valence-corrected chi connectivity index (χ2v) is 6.93. The topological polar surface area (TPSA) is 12.9 Å². The van der Waals surface area contributed by atoms with Crippen molar-refractivity contribution in [3.8, 4) is 0 Å². The van der Waals surface area contributed by atoms with Gasteiger partial charge in [0.25, 0.3) is 0 Å². The lowest BCUT2D eigenvalue weighted by atomic mass is 9.98. The van der Waals surface area contributed by atoms with E-state index in [0.717, 1.165) is 5.69 Å². The van der Waals surface area contributed by atoms with E-state index < -0.39 is 0 Å². The molecule has 0 radical (unpaired) electrons. The molecule has 0 amide bonds. The molecule has 1 nitrogen and oxygen atoms in total. The van der Waals surface area contributed by atoms with Crippen LogP contribution in [0.15, 0.2) is 83.9 Å². The molecule has 2 heteroatoms. The second kappa shape index (κ2) is 6.05. The lowest BCUT2D eigenvalue weighted by molar-refractivity contribution is 1.12. The van der Waals surface area contributed by atoms with Crippen molar-refractivity contribution in [2.45, 2.75) is 17.1 Å². The van der Waals surface area contributed by atoms with Crippen molar-refractivity contribution < 1.29 is 0 Å². The minimum absolute atomic E-state index is 0.322. The van der Waals surface area contributed by atoms with Gasteiger partial charge in [-0.3, -0.25) is 4.98 Å². The maximum Gasteiger partial charge on any atom is 0.0841 e. The highest BCUT2D eigenvalue weighted by molar-refractivity contribution is 7.99. The van der Waals surface area contributed by atoms with E-state index in [-0.39, 0.29) is 0 Å². The molecule has 1 unspecified atom stereocenters. The van der Waals surface area contributed by atoms with Gasteiger partial charge in [0.2, 0.25) is 0 Å². The fraction of sp³-hybridized carbons (Fsp3) is 0.0952. The summed E-state index contributed by atoms with van der Waals surface area (Å²) < 4.78 is 0. The first-order chi connectivity index (χ1) is 11.3. The highest BCUT2D eigenvalue weighted by Gasteiger charge is 2.23. The summed E-state index contributed by atoms with van der Waals surface area (Å²) in [6.45, 7) is 2.13. The van der Waals surface area contributed by atoms with E-state index in [9.17, 15) is 0 Å². The molecule has 23 heavy (non-hydrogen) atoms. The van der Waals surface area contributed by atoms with Crippen LogP contribution in [0.3, 0.4) is 0 Å². The number of aromatic nitrogens is 1. The Morgan fingerprint density at radius 2 is 1.65 bits per heavy atom. The van der Waals surface area contributed by atoms with Crippen molar-refractivity contribution in [2.75, 3.05) is 0 Å². The van der Waals surface area contributed by atoms with Gasteiger partial charge in [0.05, 0.1) is 10.9 Å². The Bertz CT molecular complexity index is 851. The Kier molecular flexibility index (Phi) is 3.76. The van der Waals surface area contributed by atoms with Crippen LogP contribution in [0.1, 0.15) is 27.6 Å². The van der Waals surface area contributed by atoms with Crippen molar-refractivity contribution in [3.05, 3.63) is 101 Å². The Labute approximate surface area is 141 Å². The van der Waals surface area contributed by atoms with Gasteiger partial charge >= 0.3 is 0 Å². The molecule has 4 rings (SSSR count). The van der Waals surface area contributed by atoms with E-state index >= 15 is 0 Å². The first-order valence-electron chi connectivity index (χ1n) is 7.77. The van der Waals surface area contributed by atoms with E-state index in [1.807, 2.05) is 24.0 Å². The van der Waals surface area contributed by atoms with Gasteiger partial charge in [-0.05, 0) is 30.2 Å². The van der Waals surface area contributed by atoms with Gasteiger partial charge < -0.3 is 0 Å². The molecule has 0 saturated carbocycles. The van der Waals surface area contributed by atoms with Crippen LogP contribution in [-0.4, -0.2) is 4.98 Å². The fourth-order valence-corrected chi connectivity index (χ4v) is 4.06. The number of fused-ring (bicyclic) bond motifs is 1. The monoisotopic (exact) mass is 315 g/mol. The van der Waals surface area contributed by atoms with Crippen LogP contribution >= 0.6 is 11.8 Å². The molecule has 1 aliphatic heterocycles. The van der Waals surface area contributed by atoms with E-state index in [2.05, 4.69) is 78.6 Å². The predicted molar refractivity (Wildman–Crippen MR) is 97.5 cm³/mol. The highest BCUT2D eigenvalue weighted by Crippen LogP contribution is 2.46. The number of pyridine rings is 1. The third kappa shape index (κ3) is 2.82. The molecule has 0 saturated heterocycles. The van der Waals surface area contributed by atoms with Crippen molar-refractivity contribution in [2.24, 2.45) is 0 Å². The molecule has 1 atom stereocenters. The molecular formula is C21H17NS. The second-order valence-electron chi connectivity index (χ2n) is 5.75. The van der Waals surface area contributed by atoms with Gasteiger partial charge in [-0.15, -0.1) is 11.8 Å². The Morgan fingerprint density at radius 1 is 0.870 bits per heavy atom. The maximum absolute atomic E-state index is 4.63. The number of benzene rings is 2. The summed E-state index contributed by atoms with van der Waals surface area (Å²) >= 11 is 1.88. The van der Waals surface area contributed by atoms with Crippen LogP contribution in [0.25, 0.3) is 5.57 Å². The van der Waals surface area contributed by atoms with Crippen LogP contribution in [0.4, 0.5) is 0 Å². The van der Waals surface area contributed by atoms with Gasteiger partial charge in [0.1, 0.15) is 0 Å². The quantitative estimate of drug-likeness (QED) is 0.604. The third-order valence-electron chi connectivity index (χ3n) is 4.09. The summed E-state index contributed by atoms with van der Waals surface area (Å²) in [5.41, 5.74) is 6.18. The minimum Gasteiger partial charge on any atom is -0.255 e. The lowest BCUT2D eigenvalue weighted by Crippen LogP contribution is -2.03. The Balaban J connectivity index is 1.84. The number of aryl methyl sites for hydroxylation is 1. The summed E-state index contributed by atoms with van der Waals surface area (Å²) in [5, 5.41) is 0.322. The molecule has 2 heterocycles. The zero-order valence-electron chi connectivity index (χ0n) is 12.9. The number of thioether (sulfide) groups is 1. The Morgan fingerprint density at radius 3 is 2.43 bits per heavy atom. The molecular weight excluding hydrogens is 298 g/mol. The fourth-order valence-electron chi connectivity index (χ4n) is 2.86. The number of hydrogen-bond donors (Lipinski definition) is 0. The smallest absolute Gasteiger partial charge is 0.0841 e. The average Bonchev–Trinajstić information content (AvgIpc) is 2.62. The summed E-state index contributed by atoms with van der Waals surface area (Å²) in [7, 11) is 0. The Hall–Kier alpha value is -2.32. The van der Waals surface area contributed by atoms with Gasteiger partial charge in [-0.2, -0.15) is 0 Å². The highest BCUT2D eigenvalue weighted by atomic mass is 32.2. The SMILES string of the molecule is Cc1ccc(C2C=C(c3ccccc3)c3ncccc3S2)cc1. The van der Waals surface area contributed by atoms with Gasteiger partial charge in [-0.25, -0.2) is 0 Å². The molecule has 0 aliphatic carbocycles. The molecule has 1 aliphatic rings. The van der Waals surface area contributed by atoms with Crippen LogP contribution in [-0.2, 0) is 0 Å². The first-order valence-corrected chi connectivity index (χ1v) is 8.65. The predicted octanol–water partition coefficient (Wildman–Crippen LogP) is 5.67. The van der Waals surface area contributed by atoms with Crippen LogP contribution in [0.5, 0.6) is 0 Å². The van der Waals surface area contributed by atoms with Crippen molar-refractivity contribution in [1.29, 1.82) is 0 Å². The standard InChI is InChI=1S/C21H17NS/c1-15-9-11-17(12-10-15)20-14-18(16-6-3-2-4-7-16)21-19(23-20)8-5-13-22-21/h2-14,20H,1H3. The van der Waals surface area contributed by atoms with Crippen LogP contribution in [0.2, 0.25) is 0 Å². The molecule has 2 aromatic carbocycles. The van der Waals surface area contributed by atoms with E-state index in [4.69, 9.17) is 0 Å². The third-order valence-corrected chi connectivity index (χ3v) is 5.33. The molecule has 1 aromatic heterocycles. The molecule has 112 valence electrons. The normalized spacial score (nSPS) is 16.6. The van der Waals surface area contributed by atoms with Crippen LogP contribution < -0.4 is 0 Å².